The Labute approximate surface area is 179 Å². The van der Waals surface area contributed by atoms with Gasteiger partial charge in [-0.3, -0.25) is 0 Å². The van der Waals surface area contributed by atoms with Gasteiger partial charge in [0.05, 0.1) is 16.9 Å². The van der Waals surface area contributed by atoms with Gasteiger partial charge in [-0.2, -0.15) is 4.31 Å². The van der Waals surface area contributed by atoms with Gasteiger partial charge in [-0.05, 0) is 60.7 Å². The average molecular weight is 453 g/mol. The van der Waals surface area contributed by atoms with Gasteiger partial charge in [0.1, 0.15) is 5.75 Å². The minimum absolute atomic E-state index is 0.201. The third-order valence-electron chi connectivity index (χ3n) is 5.33. The summed E-state index contributed by atoms with van der Waals surface area (Å²) < 4.78 is 60.2. The predicted octanol–water partition coefficient (Wildman–Crippen LogP) is 2.95. The molecule has 1 fully saturated rings. The molecule has 3 rings (SSSR count). The first-order valence-corrected chi connectivity index (χ1v) is 12.8. The number of benzene rings is 2. The Bertz CT molecular complexity index is 1060. The molecule has 0 saturated carbocycles. The summed E-state index contributed by atoms with van der Waals surface area (Å²) in [5.41, 5.74) is 1.07. The molecule has 0 unspecified atom stereocenters. The molecule has 0 aromatic heterocycles. The van der Waals surface area contributed by atoms with Crippen LogP contribution < -0.4 is 9.46 Å². The van der Waals surface area contributed by atoms with Crippen LogP contribution in [0.2, 0.25) is 0 Å². The number of methoxy groups -OCH3 is 1. The van der Waals surface area contributed by atoms with E-state index in [1.807, 2.05) is 12.1 Å². The first kappa shape index (κ1) is 22.7. The van der Waals surface area contributed by atoms with E-state index in [-0.39, 0.29) is 28.9 Å². The topological polar surface area (TPSA) is 92.8 Å². The molecule has 1 aliphatic rings. The highest BCUT2D eigenvalue weighted by Gasteiger charge is 2.31. The van der Waals surface area contributed by atoms with Crippen molar-refractivity contribution in [3.63, 3.8) is 0 Å². The number of sulfonamides is 2. The molecule has 1 heterocycles. The van der Waals surface area contributed by atoms with Gasteiger partial charge in [0.15, 0.2) is 0 Å². The van der Waals surface area contributed by atoms with Gasteiger partial charge in [-0.1, -0.05) is 26.0 Å². The number of ether oxygens (including phenoxy) is 1. The van der Waals surface area contributed by atoms with Crippen molar-refractivity contribution in [1.82, 2.24) is 9.03 Å². The number of nitrogens with zero attached hydrogens (tertiary/aromatic N) is 1. The largest absolute Gasteiger partial charge is 0.497 e. The number of rotatable bonds is 7. The first-order valence-electron chi connectivity index (χ1n) is 9.90. The summed E-state index contributed by atoms with van der Waals surface area (Å²) in [5, 5.41) is 0. The minimum Gasteiger partial charge on any atom is -0.497 e. The molecule has 9 heteroatoms. The fourth-order valence-electron chi connectivity index (χ4n) is 3.43. The molecule has 0 aliphatic carbocycles. The first-order chi connectivity index (χ1) is 14.1. The molecular weight excluding hydrogens is 424 g/mol. The lowest BCUT2D eigenvalue weighted by Gasteiger charge is -2.31. The smallest absolute Gasteiger partial charge is 0.243 e. The molecule has 30 heavy (non-hydrogen) atoms. The van der Waals surface area contributed by atoms with Crippen molar-refractivity contribution < 1.29 is 21.6 Å². The van der Waals surface area contributed by atoms with E-state index in [0.29, 0.717) is 24.5 Å². The fraction of sp³-hybridized carbons (Fsp3) is 0.429. The Balaban J connectivity index is 1.63. The zero-order valence-corrected chi connectivity index (χ0v) is 19.0. The molecule has 0 spiro atoms. The van der Waals surface area contributed by atoms with Gasteiger partial charge in [0.25, 0.3) is 0 Å². The summed E-state index contributed by atoms with van der Waals surface area (Å²) >= 11 is 0. The third-order valence-corrected chi connectivity index (χ3v) is 8.78. The van der Waals surface area contributed by atoms with Crippen molar-refractivity contribution in [2.75, 3.05) is 20.2 Å². The van der Waals surface area contributed by atoms with Crippen molar-refractivity contribution in [3.8, 4) is 5.75 Å². The third kappa shape index (κ3) is 5.03. The molecule has 0 bridgehead atoms. The molecule has 164 valence electrons. The Morgan fingerprint density at radius 3 is 1.93 bits per heavy atom. The SMILES string of the molecule is COc1ccc(S(=O)(=O)N2CCC(NS(=O)(=O)c3ccc(C(C)C)cc3)CC2)cc1. The Morgan fingerprint density at radius 1 is 0.900 bits per heavy atom. The number of piperidine rings is 1. The lowest BCUT2D eigenvalue weighted by molar-refractivity contribution is 0.308. The quantitative estimate of drug-likeness (QED) is 0.697. The maximum atomic E-state index is 12.8. The van der Waals surface area contributed by atoms with E-state index in [9.17, 15) is 16.8 Å². The minimum atomic E-state index is -3.65. The van der Waals surface area contributed by atoms with Crippen LogP contribution in [0.5, 0.6) is 5.75 Å². The fourth-order valence-corrected chi connectivity index (χ4v) is 6.20. The van der Waals surface area contributed by atoms with Crippen LogP contribution in [0.3, 0.4) is 0 Å². The van der Waals surface area contributed by atoms with Gasteiger partial charge in [0.2, 0.25) is 20.0 Å². The summed E-state index contributed by atoms with van der Waals surface area (Å²) in [6.45, 7) is 4.62. The van der Waals surface area contributed by atoms with Crippen molar-refractivity contribution in [2.45, 2.75) is 48.4 Å². The van der Waals surface area contributed by atoms with Crippen molar-refractivity contribution in [2.24, 2.45) is 0 Å². The van der Waals surface area contributed by atoms with Gasteiger partial charge in [-0.25, -0.2) is 21.6 Å². The molecule has 2 aromatic rings. The Kier molecular flexibility index (Phi) is 6.86. The van der Waals surface area contributed by atoms with Crippen LogP contribution >= 0.6 is 0 Å². The van der Waals surface area contributed by atoms with E-state index in [0.717, 1.165) is 5.56 Å². The summed E-state index contributed by atoms with van der Waals surface area (Å²) in [4.78, 5) is 0.424. The summed E-state index contributed by atoms with van der Waals surface area (Å²) in [6, 6.07) is 12.8. The van der Waals surface area contributed by atoms with Crippen molar-refractivity contribution in [1.29, 1.82) is 0 Å². The number of nitrogens with one attached hydrogen (secondary N) is 1. The molecule has 1 aliphatic heterocycles. The van der Waals surface area contributed by atoms with Crippen LogP contribution in [0.1, 0.15) is 38.2 Å². The van der Waals surface area contributed by atoms with Gasteiger partial charge in [-0.15, -0.1) is 0 Å². The number of hydrogen-bond donors (Lipinski definition) is 1. The molecule has 0 radical (unpaired) electrons. The van der Waals surface area contributed by atoms with Crippen LogP contribution in [0, 0.1) is 0 Å². The summed E-state index contributed by atoms with van der Waals surface area (Å²) in [6.07, 6.45) is 0.831. The molecular formula is C21H28N2O5S2. The van der Waals surface area contributed by atoms with Gasteiger partial charge in [0, 0.05) is 19.1 Å². The maximum absolute atomic E-state index is 12.8. The van der Waals surface area contributed by atoms with Crippen LogP contribution in [0.15, 0.2) is 58.3 Å². The zero-order chi connectivity index (χ0) is 21.9. The summed E-state index contributed by atoms with van der Waals surface area (Å²) in [7, 11) is -5.74. The molecule has 1 N–H and O–H groups in total. The highest BCUT2D eigenvalue weighted by molar-refractivity contribution is 7.89. The molecule has 0 amide bonds. The Morgan fingerprint density at radius 2 is 1.43 bits per heavy atom. The summed E-state index contributed by atoms with van der Waals surface area (Å²) in [5.74, 6) is 0.912. The molecule has 1 saturated heterocycles. The normalized spacial score (nSPS) is 16.7. The van der Waals surface area contributed by atoms with Crippen LogP contribution in [0.25, 0.3) is 0 Å². The molecule has 0 atom stereocenters. The second kappa shape index (κ2) is 9.05. The second-order valence-electron chi connectivity index (χ2n) is 7.70. The average Bonchev–Trinajstić information content (AvgIpc) is 2.74. The second-order valence-corrected chi connectivity index (χ2v) is 11.4. The highest BCUT2D eigenvalue weighted by Crippen LogP contribution is 2.24. The number of hydrogen-bond acceptors (Lipinski definition) is 5. The van der Waals surface area contributed by atoms with E-state index < -0.39 is 20.0 Å². The van der Waals surface area contributed by atoms with Gasteiger partial charge >= 0.3 is 0 Å². The van der Waals surface area contributed by atoms with Crippen molar-refractivity contribution >= 4 is 20.0 Å². The Hall–Kier alpha value is -1.94. The predicted molar refractivity (Wildman–Crippen MR) is 116 cm³/mol. The van der Waals surface area contributed by atoms with E-state index >= 15 is 0 Å². The monoisotopic (exact) mass is 452 g/mol. The van der Waals surface area contributed by atoms with Crippen molar-refractivity contribution in [3.05, 3.63) is 54.1 Å². The van der Waals surface area contributed by atoms with E-state index in [1.165, 1.54) is 23.5 Å². The lowest BCUT2D eigenvalue weighted by Crippen LogP contribution is -2.46. The van der Waals surface area contributed by atoms with Gasteiger partial charge < -0.3 is 4.74 Å². The van der Waals surface area contributed by atoms with E-state index in [4.69, 9.17) is 4.74 Å². The van der Waals surface area contributed by atoms with Crippen LogP contribution in [0.4, 0.5) is 0 Å². The molecule has 2 aromatic carbocycles. The van der Waals surface area contributed by atoms with E-state index in [1.54, 1.807) is 24.3 Å². The standard InChI is InChI=1S/C21H28N2O5S2/c1-16(2)17-4-8-20(9-5-17)29(24,25)22-18-12-14-23(15-13-18)30(26,27)21-10-6-19(28-3)7-11-21/h4-11,16,18,22H,12-15H2,1-3H3. The lowest BCUT2D eigenvalue weighted by atomic mass is 10.0. The van der Waals surface area contributed by atoms with Crippen LogP contribution in [-0.2, 0) is 20.0 Å². The van der Waals surface area contributed by atoms with E-state index in [2.05, 4.69) is 18.6 Å². The zero-order valence-electron chi connectivity index (χ0n) is 17.4. The van der Waals surface area contributed by atoms with Crippen LogP contribution in [-0.4, -0.2) is 47.4 Å². The maximum Gasteiger partial charge on any atom is 0.243 e. The highest BCUT2D eigenvalue weighted by atomic mass is 32.2. The molecule has 7 nitrogen and oxygen atoms in total.